The third kappa shape index (κ3) is 55.2. The summed E-state index contributed by atoms with van der Waals surface area (Å²) in [5.74, 6) is -0.0772. The minimum absolute atomic E-state index is 0.00681. The Balaban J connectivity index is 3.44. The molecule has 0 bridgehead atoms. The standard InChI is InChI=1S/C63H119NO5/c1-3-5-7-9-11-13-15-17-19-21-24-27-31-35-39-43-47-51-55-61(66)60(59-65)64-62(67)56-52-48-44-40-36-32-28-25-22-23-26-30-34-38-42-46-50-54-58-69-63(68)57-53-49-45-41-37-33-29-20-18-16-14-12-10-8-6-4-2/h14,16,20,29,51,55,60-61,65-66H,3-13,15,17-19,21-28,30-50,52-54,56-59H2,1-2H3,(H,64,67)/b16-14-,29-20-,55-51+. The van der Waals surface area contributed by atoms with Crippen LogP contribution in [0.25, 0.3) is 0 Å². The zero-order valence-electron chi connectivity index (χ0n) is 46.3. The number of esters is 1. The maximum absolute atomic E-state index is 12.5. The topological polar surface area (TPSA) is 95.9 Å². The molecule has 0 aliphatic carbocycles. The highest BCUT2D eigenvalue weighted by Crippen LogP contribution is 2.17. The molecule has 6 heteroatoms. The maximum atomic E-state index is 12.5. The van der Waals surface area contributed by atoms with Gasteiger partial charge < -0.3 is 20.3 Å². The molecule has 406 valence electrons. The van der Waals surface area contributed by atoms with E-state index in [1.54, 1.807) is 6.08 Å². The second kappa shape index (κ2) is 58.6. The van der Waals surface area contributed by atoms with E-state index in [1.807, 2.05) is 6.08 Å². The molecule has 2 atom stereocenters. The van der Waals surface area contributed by atoms with Crippen LogP contribution in [0.5, 0.6) is 0 Å². The van der Waals surface area contributed by atoms with Gasteiger partial charge >= 0.3 is 5.97 Å². The van der Waals surface area contributed by atoms with Gasteiger partial charge in [0.05, 0.1) is 25.4 Å². The highest BCUT2D eigenvalue weighted by Gasteiger charge is 2.18. The van der Waals surface area contributed by atoms with E-state index in [0.717, 1.165) is 51.4 Å². The van der Waals surface area contributed by atoms with Crippen molar-refractivity contribution in [1.82, 2.24) is 5.32 Å². The fraction of sp³-hybridized carbons (Fsp3) is 0.873. The molecule has 0 saturated carbocycles. The van der Waals surface area contributed by atoms with E-state index in [4.69, 9.17) is 4.74 Å². The number of carbonyl (C=O) groups excluding carboxylic acids is 2. The summed E-state index contributed by atoms with van der Waals surface area (Å²) in [7, 11) is 0. The van der Waals surface area contributed by atoms with Crippen LogP contribution < -0.4 is 5.32 Å². The van der Waals surface area contributed by atoms with E-state index >= 15 is 0 Å². The quantitative estimate of drug-likeness (QED) is 0.0321. The van der Waals surface area contributed by atoms with Crippen molar-refractivity contribution < 1.29 is 24.5 Å². The summed E-state index contributed by atoms with van der Waals surface area (Å²) < 4.78 is 5.48. The molecule has 0 radical (unpaired) electrons. The zero-order chi connectivity index (χ0) is 50.0. The number of rotatable bonds is 57. The molecule has 0 rings (SSSR count). The second-order valence-electron chi connectivity index (χ2n) is 21.0. The second-order valence-corrected chi connectivity index (χ2v) is 21.0. The maximum Gasteiger partial charge on any atom is 0.305 e. The molecular formula is C63H119NO5. The lowest BCUT2D eigenvalue weighted by atomic mass is 10.0. The molecular weight excluding hydrogens is 851 g/mol. The van der Waals surface area contributed by atoms with Gasteiger partial charge in [-0.05, 0) is 64.2 Å². The lowest BCUT2D eigenvalue weighted by Crippen LogP contribution is -2.45. The van der Waals surface area contributed by atoms with Crippen LogP contribution in [0.3, 0.4) is 0 Å². The van der Waals surface area contributed by atoms with Crippen molar-refractivity contribution in [3.05, 3.63) is 36.5 Å². The van der Waals surface area contributed by atoms with Crippen molar-refractivity contribution in [2.24, 2.45) is 0 Å². The molecule has 0 spiro atoms. The highest BCUT2D eigenvalue weighted by atomic mass is 16.5. The van der Waals surface area contributed by atoms with Crippen LogP contribution in [-0.2, 0) is 14.3 Å². The van der Waals surface area contributed by atoms with E-state index in [-0.39, 0.29) is 18.5 Å². The molecule has 0 aliphatic rings. The lowest BCUT2D eigenvalue weighted by Gasteiger charge is -2.20. The highest BCUT2D eigenvalue weighted by molar-refractivity contribution is 5.76. The van der Waals surface area contributed by atoms with Crippen LogP contribution in [0.2, 0.25) is 0 Å². The molecule has 0 aliphatic heterocycles. The van der Waals surface area contributed by atoms with Gasteiger partial charge in [0.2, 0.25) is 5.91 Å². The first kappa shape index (κ1) is 67.1. The summed E-state index contributed by atoms with van der Waals surface area (Å²) in [6.07, 6.45) is 73.1. The number of aliphatic hydroxyl groups is 2. The molecule has 1 amide bonds. The van der Waals surface area contributed by atoms with E-state index in [0.29, 0.717) is 19.4 Å². The first-order chi connectivity index (χ1) is 34.0. The van der Waals surface area contributed by atoms with Gasteiger partial charge in [-0.15, -0.1) is 0 Å². The van der Waals surface area contributed by atoms with E-state index in [2.05, 4.69) is 43.5 Å². The normalized spacial score (nSPS) is 12.8. The lowest BCUT2D eigenvalue weighted by molar-refractivity contribution is -0.143. The van der Waals surface area contributed by atoms with Crippen LogP contribution in [0, 0.1) is 0 Å². The summed E-state index contributed by atoms with van der Waals surface area (Å²) in [4.78, 5) is 24.5. The van der Waals surface area contributed by atoms with Crippen LogP contribution in [0.1, 0.15) is 328 Å². The molecule has 0 aromatic heterocycles. The Labute approximate surface area is 430 Å². The molecule has 2 unspecified atom stereocenters. The smallest absolute Gasteiger partial charge is 0.305 e. The van der Waals surface area contributed by atoms with E-state index < -0.39 is 12.1 Å². The Kier molecular flexibility index (Phi) is 57.0. The predicted octanol–water partition coefficient (Wildman–Crippen LogP) is 19.2. The molecule has 69 heavy (non-hydrogen) atoms. The van der Waals surface area contributed by atoms with Crippen LogP contribution in [0.15, 0.2) is 36.5 Å². The average Bonchev–Trinajstić information content (AvgIpc) is 3.35. The Bertz CT molecular complexity index is 1120. The Hall–Kier alpha value is -1.92. The number of hydrogen-bond donors (Lipinski definition) is 3. The number of unbranched alkanes of at least 4 members (excludes halogenated alkanes) is 42. The number of aliphatic hydroxyl groups excluding tert-OH is 2. The first-order valence-corrected chi connectivity index (χ1v) is 30.8. The molecule has 0 fully saturated rings. The fourth-order valence-corrected chi connectivity index (χ4v) is 9.43. The van der Waals surface area contributed by atoms with Crippen molar-refractivity contribution in [3.8, 4) is 0 Å². The summed E-state index contributed by atoms with van der Waals surface area (Å²) in [5, 5.41) is 23.2. The minimum Gasteiger partial charge on any atom is -0.466 e. The van der Waals surface area contributed by atoms with E-state index in [1.165, 1.54) is 250 Å². The number of amides is 1. The monoisotopic (exact) mass is 970 g/mol. The first-order valence-electron chi connectivity index (χ1n) is 30.8. The third-order valence-corrected chi connectivity index (χ3v) is 14.2. The van der Waals surface area contributed by atoms with Crippen molar-refractivity contribution in [2.45, 2.75) is 341 Å². The number of carbonyl (C=O) groups is 2. The van der Waals surface area contributed by atoms with Gasteiger partial charge in [0.25, 0.3) is 0 Å². The Morgan fingerprint density at radius 2 is 0.725 bits per heavy atom. The summed E-state index contributed by atoms with van der Waals surface area (Å²) in [6.45, 7) is 4.89. The zero-order valence-corrected chi connectivity index (χ0v) is 46.3. The fourth-order valence-electron chi connectivity index (χ4n) is 9.43. The van der Waals surface area contributed by atoms with Gasteiger partial charge in [-0.1, -0.05) is 288 Å². The average molecular weight is 971 g/mol. The molecule has 0 aromatic rings. The molecule has 0 heterocycles. The van der Waals surface area contributed by atoms with Crippen molar-refractivity contribution in [3.63, 3.8) is 0 Å². The van der Waals surface area contributed by atoms with Crippen molar-refractivity contribution in [1.29, 1.82) is 0 Å². The summed E-state index contributed by atoms with van der Waals surface area (Å²) in [6, 6.07) is -0.632. The van der Waals surface area contributed by atoms with Crippen LogP contribution in [-0.4, -0.2) is 47.4 Å². The predicted molar refractivity (Wildman–Crippen MR) is 301 cm³/mol. The number of nitrogens with one attached hydrogen (secondary N) is 1. The van der Waals surface area contributed by atoms with Crippen molar-refractivity contribution in [2.75, 3.05) is 13.2 Å². The SMILES string of the molecule is CCCCCC/C=C\C/C=C\CCCCCCCC(=O)OCCCCCCCCCCCCCCCCCCCCC(=O)NC(CO)C(O)/C=C/CCCCCCCCCCCCCCCCCC. The minimum atomic E-state index is -0.848. The van der Waals surface area contributed by atoms with Crippen LogP contribution >= 0.6 is 0 Å². The van der Waals surface area contributed by atoms with Gasteiger partial charge in [0, 0.05) is 12.8 Å². The van der Waals surface area contributed by atoms with Gasteiger partial charge in [0.1, 0.15) is 0 Å². The van der Waals surface area contributed by atoms with E-state index in [9.17, 15) is 19.8 Å². The van der Waals surface area contributed by atoms with Gasteiger partial charge in [-0.25, -0.2) is 0 Å². The molecule has 0 saturated heterocycles. The van der Waals surface area contributed by atoms with Gasteiger partial charge in [-0.2, -0.15) is 0 Å². The summed E-state index contributed by atoms with van der Waals surface area (Å²) in [5.41, 5.74) is 0. The third-order valence-electron chi connectivity index (χ3n) is 14.2. The number of allylic oxidation sites excluding steroid dienone is 5. The van der Waals surface area contributed by atoms with Crippen molar-refractivity contribution >= 4 is 11.9 Å². The summed E-state index contributed by atoms with van der Waals surface area (Å²) >= 11 is 0. The number of hydrogen-bond acceptors (Lipinski definition) is 5. The Morgan fingerprint density at radius 1 is 0.406 bits per heavy atom. The van der Waals surface area contributed by atoms with Gasteiger partial charge in [0.15, 0.2) is 0 Å². The molecule has 0 aromatic carbocycles. The Morgan fingerprint density at radius 3 is 1.12 bits per heavy atom. The molecule has 6 nitrogen and oxygen atoms in total. The largest absolute Gasteiger partial charge is 0.466 e. The number of ether oxygens (including phenoxy) is 1. The van der Waals surface area contributed by atoms with Gasteiger partial charge in [-0.3, -0.25) is 9.59 Å². The molecule has 3 N–H and O–H groups in total. The van der Waals surface area contributed by atoms with Crippen LogP contribution in [0.4, 0.5) is 0 Å².